The summed E-state index contributed by atoms with van der Waals surface area (Å²) in [6, 6.07) is 16.8. The van der Waals surface area contributed by atoms with Crippen LogP contribution in [0.4, 0.5) is 0 Å². The largest absolute Gasteiger partial charge is 0.269 e. The van der Waals surface area contributed by atoms with Gasteiger partial charge in [0.25, 0.3) is 5.88 Å². The van der Waals surface area contributed by atoms with Crippen molar-refractivity contribution >= 4 is 0 Å². The normalized spacial score (nSPS) is 8.31. The van der Waals surface area contributed by atoms with E-state index in [-0.39, 0.29) is 5.88 Å². The summed E-state index contributed by atoms with van der Waals surface area (Å²) in [5, 5.41) is 10.2. The van der Waals surface area contributed by atoms with Crippen molar-refractivity contribution in [2.24, 2.45) is 0 Å². The van der Waals surface area contributed by atoms with E-state index in [2.05, 4.69) is 4.98 Å². The fourth-order valence-electron chi connectivity index (χ4n) is 0.732. The van der Waals surface area contributed by atoms with Gasteiger partial charge in [0.15, 0.2) is 0 Å². The third kappa shape index (κ3) is 4.58. The molecular weight excluding hydrogens is 162 g/mol. The van der Waals surface area contributed by atoms with Crippen LogP contribution in [0.25, 0.3) is 0 Å². The Labute approximate surface area is 77.5 Å². The first-order valence-corrected chi connectivity index (χ1v) is 3.97. The van der Waals surface area contributed by atoms with Crippen LogP contribution in [0.1, 0.15) is 0 Å². The first-order valence-electron chi connectivity index (χ1n) is 3.97. The summed E-state index contributed by atoms with van der Waals surface area (Å²) >= 11 is 0. The second-order valence-corrected chi connectivity index (χ2v) is 2.32. The lowest BCUT2D eigenvalue weighted by atomic mass is 10.4. The molecule has 0 aliphatic carbocycles. The summed E-state index contributed by atoms with van der Waals surface area (Å²) in [5.74, 6) is -0.178. The van der Waals surface area contributed by atoms with Crippen LogP contribution in [0.15, 0.2) is 60.8 Å². The topological polar surface area (TPSA) is 32.8 Å². The zero-order valence-corrected chi connectivity index (χ0v) is 7.13. The lowest BCUT2D eigenvalue weighted by molar-refractivity contribution is 0.337. The molecule has 1 radical (unpaired) electrons. The van der Waals surface area contributed by atoms with Crippen LogP contribution in [-0.2, 0) is 5.11 Å². The third-order valence-electron chi connectivity index (χ3n) is 1.30. The highest BCUT2D eigenvalue weighted by Crippen LogP contribution is 1.98. The molecule has 2 aromatic rings. The third-order valence-corrected chi connectivity index (χ3v) is 1.30. The van der Waals surface area contributed by atoms with Gasteiger partial charge in [-0.3, -0.25) is 5.11 Å². The van der Waals surface area contributed by atoms with E-state index in [0.717, 1.165) is 0 Å². The highest BCUT2D eigenvalue weighted by atomic mass is 16.3. The number of rotatable bonds is 0. The van der Waals surface area contributed by atoms with E-state index in [1.165, 1.54) is 12.3 Å². The van der Waals surface area contributed by atoms with E-state index in [9.17, 15) is 5.11 Å². The minimum Gasteiger partial charge on any atom is -0.267 e. The predicted octanol–water partition coefficient (Wildman–Crippen LogP) is 2.91. The van der Waals surface area contributed by atoms with Gasteiger partial charge in [-0.2, -0.15) is 0 Å². The lowest BCUT2D eigenvalue weighted by Gasteiger charge is -1.77. The van der Waals surface area contributed by atoms with Crippen LogP contribution in [0, 0.1) is 0 Å². The van der Waals surface area contributed by atoms with Gasteiger partial charge in [-0.1, -0.05) is 42.5 Å². The molecule has 0 spiro atoms. The van der Waals surface area contributed by atoms with E-state index in [0.29, 0.717) is 0 Å². The van der Waals surface area contributed by atoms with Crippen molar-refractivity contribution in [1.29, 1.82) is 0 Å². The molecule has 0 aliphatic rings. The van der Waals surface area contributed by atoms with E-state index in [4.69, 9.17) is 0 Å². The van der Waals surface area contributed by atoms with Gasteiger partial charge in [-0.05, 0) is 6.07 Å². The van der Waals surface area contributed by atoms with Gasteiger partial charge in [0.1, 0.15) is 0 Å². The zero-order valence-electron chi connectivity index (χ0n) is 7.13. The van der Waals surface area contributed by atoms with Crippen LogP contribution in [-0.4, -0.2) is 4.98 Å². The van der Waals surface area contributed by atoms with Gasteiger partial charge < -0.3 is 0 Å². The van der Waals surface area contributed by atoms with E-state index in [1.54, 1.807) is 12.1 Å². The molecular formula is C11H10NO. The molecule has 1 aromatic heterocycles. The predicted molar refractivity (Wildman–Crippen MR) is 50.8 cm³/mol. The number of hydrogen-bond donors (Lipinski definition) is 0. The van der Waals surface area contributed by atoms with Crippen molar-refractivity contribution < 1.29 is 5.11 Å². The first-order chi connectivity index (χ1) is 6.39. The van der Waals surface area contributed by atoms with E-state index < -0.39 is 0 Å². The molecule has 0 aliphatic heterocycles. The smallest absolute Gasteiger partial charge is 0.267 e. The van der Waals surface area contributed by atoms with Crippen molar-refractivity contribution in [2.45, 2.75) is 0 Å². The maximum Gasteiger partial charge on any atom is 0.269 e. The first kappa shape index (κ1) is 9.26. The van der Waals surface area contributed by atoms with Crippen molar-refractivity contribution in [3.63, 3.8) is 0 Å². The second-order valence-electron chi connectivity index (χ2n) is 2.32. The minimum atomic E-state index is -0.178. The Balaban J connectivity index is 0.000000132. The van der Waals surface area contributed by atoms with E-state index >= 15 is 0 Å². The van der Waals surface area contributed by atoms with Crippen LogP contribution in [0.2, 0.25) is 0 Å². The fraction of sp³-hybridized carbons (Fsp3) is 0. The number of hydrogen-bond acceptors (Lipinski definition) is 1. The van der Waals surface area contributed by atoms with Gasteiger partial charge in [-0.15, -0.1) is 0 Å². The Bertz CT molecular complexity index is 281. The van der Waals surface area contributed by atoms with Gasteiger partial charge in [0.05, 0.1) is 0 Å². The molecule has 2 rings (SSSR count). The highest BCUT2D eigenvalue weighted by molar-refractivity contribution is 5.06. The Hall–Kier alpha value is -1.83. The van der Waals surface area contributed by atoms with Crippen LogP contribution in [0.3, 0.4) is 0 Å². The van der Waals surface area contributed by atoms with Crippen molar-refractivity contribution in [3.05, 3.63) is 60.8 Å². The Kier molecular flexibility index (Phi) is 4.11. The van der Waals surface area contributed by atoms with Crippen molar-refractivity contribution in [1.82, 2.24) is 4.98 Å². The molecule has 0 unspecified atom stereocenters. The second kappa shape index (κ2) is 5.77. The van der Waals surface area contributed by atoms with Crippen molar-refractivity contribution in [2.75, 3.05) is 0 Å². The minimum absolute atomic E-state index is 0.178. The molecule has 0 fully saturated rings. The average molecular weight is 172 g/mol. The summed E-state index contributed by atoms with van der Waals surface area (Å²) in [5.41, 5.74) is 0. The molecule has 0 bridgehead atoms. The molecule has 0 N–H and O–H groups in total. The van der Waals surface area contributed by atoms with Gasteiger partial charge >= 0.3 is 0 Å². The molecule has 2 nitrogen and oxygen atoms in total. The van der Waals surface area contributed by atoms with Gasteiger partial charge in [-0.25, -0.2) is 4.98 Å². The molecule has 0 saturated heterocycles. The number of aromatic nitrogens is 1. The summed E-state index contributed by atoms with van der Waals surface area (Å²) in [7, 11) is 0. The van der Waals surface area contributed by atoms with Crippen LogP contribution < -0.4 is 0 Å². The maximum absolute atomic E-state index is 10.2. The quantitative estimate of drug-likeness (QED) is 0.601. The highest BCUT2D eigenvalue weighted by Gasteiger charge is 1.80. The standard InChI is InChI=1S/C6H6.C5H4NO/c1-2-4-6-5-3-1;7-5-3-1-2-4-6-5/h1-6H;1-4H. The molecule has 1 aromatic carbocycles. The van der Waals surface area contributed by atoms with Crippen molar-refractivity contribution in [3.8, 4) is 5.88 Å². The number of pyridine rings is 1. The zero-order chi connectivity index (χ0) is 9.36. The van der Waals surface area contributed by atoms with Crippen LogP contribution >= 0.6 is 0 Å². The van der Waals surface area contributed by atoms with Crippen LogP contribution in [0.5, 0.6) is 5.88 Å². The maximum atomic E-state index is 10.2. The molecule has 0 atom stereocenters. The summed E-state index contributed by atoms with van der Waals surface area (Å²) in [6.07, 6.45) is 1.47. The lowest BCUT2D eigenvalue weighted by Crippen LogP contribution is -1.64. The summed E-state index contributed by atoms with van der Waals surface area (Å²) in [4.78, 5) is 3.42. The van der Waals surface area contributed by atoms with Gasteiger partial charge in [0, 0.05) is 12.3 Å². The fourth-order valence-corrected chi connectivity index (χ4v) is 0.732. The van der Waals surface area contributed by atoms with Gasteiger partial charge in [0.2, 0.25) is 0 Å². The Morgan fingerprint density at radius 1 is 0.769 bits per heavy atom. The molecule has 0 saturated carbocycles. The number of nitrogens with zero attached hydrogens (tertiary/aromatic N) is 1. The van der Waals surface area contributed by atoms with E-state index in [1.807, 2.05) is 36.4 Å². The SMILES string of the molecule is [O]c1ccccn1.c1ccccc1. The summed E-state index contributed by atoms with van der Waals surface area (Å²) < 4.78 is 0. The molecule has 65 valence electrons. The molecule has 1 heterocycles. The summed E-state index contributed by atoms with van der Waals surface area (Å²) in [6.45, 7) is 0. The molecule has 2 heteroatoms. The number of benzene rings is 1. The Morgan fingerprint density at radius 2 is 1.31 bits per heavy atom. The molecule has 13 heavy (non-hydrogen) atoms. The Morgan fingerprint density at radius 3 is 1.54 bits per heavy atom. The monoisotopic (exact) mass is 172 g/mol. The average Bonchev–Trinajstić information content (AvgIpc) is 2.22. The molecule has 0 amide bonds.